The Hall–Kier alpha value is -2.71. The van der Waals surface area contributed by atoms with Crippen LogP contribution in [0.1, 0.15) is 64.2 Å². The maximum Gasteiger partial charge on any atom is 0.211 e. The third-order valence-corrected chi connectivity index (χ3v) is 8.36. The molecule has 0 amide bonds. The van der Waals surface area contributed by atoms with Gasteiger partial charge in [-0.3, -0.25) is 0 Å². The van der Waals surface area contributed by atoms with Gasteiger partial charge in [-0.1, -0.05) is 58.9 Å². The van der Waals surface area contributed by atoms with Gasteiger partial charge in [0.05, 0.1) is 11.9 Å². The third kappa shape index (κ3) is 6.16. The van der Waals surface area contributed by atoms with Crippen molar-refractivity contribution in [3.05, 3.63) is 71.8 Å². The molecule has 1 aliphatic rings. The second-order valence-corrected chi connectivity index (χ2v) is 13.5. The molecule has 0 bridgehead atoms. The van der Waals surface area contributed by atoms with Crippen molar-refractivity contribution >= 4 is 10.0 Å². The van der Waals surface area contributed by atoms with Gasteiger partial charge in [0.2, 0.25) is 10.0 Å². The molecule has 0 aliphatic carbocycles. The van der Waals surface area contributed by atoms with Crippen LogP contribution in [0.25, 0.3) is 5.69 Å². The van der Waals surface area contributed by atoms with Crippen molar-refractivity contribution < 1.29 is 13.2 Å². The first-order valence-corrected chi connectivity index (χ1v) is 14.4. The van der Waals surface area contributed by atoms with Crippen LogP contribution < -0.4 is 4.74 Å². The Bertz CT molecular complexity index is 1270. The minimum absolute atomic E-state index is 0.00677. The molecule has 2 heterocycles. The first-order valence-electron chi connectivity index (χ1n) is 12.5. The van der Waals surface area contributed by atoms with E-state index < -0.39 is 10.0 Å². The standard InChI is InChI=1S/C28H38N4O3S/c1-27(2,3)23-9-12-26(35-25-13-15-31(16-14-25)36(6,33)34)21(17-23)18-28(4,5)22-7-10-24(11-8-22)32-20-29-19-30-32/h7-12,17,19-20,25H,13-16,18H2,1-6H3. The van der Waals surface area contributed by atoms with E-state index in [9.17, 15) is 8.42 Å². The predicted octanol–water partition coefficient (Wildman–Crippen LogP) is 4.89. The first-order chi connectivity index (χ1) is 16.8. The van der Waals surface area contributed by atoms with Gasteiger partial charge in [-0.05, 0) is 65.0 Å². The van der Waals surface area contributed by atoms with Gasteiger partial charge in [-0.25, -0.2) is 22.4 Å². The molecule has 7 nitrogen and oxygen atoms in total. The average molecular weight is 511 g/mol. The van der Waals surface area contributed by atoms with Gasteiger partial charge in [-0.2, -0.15) is 5.10 Å². The van der Waals surface area contributed by atoms with Gasteiger partial charge in [0.1, 0.15) is 24.5 Å². The molecular formula is C28H38N4O3S. The van der Waals surface area contributed by atoms with E-state index in [1.807, 2.05) is 0 Å². The van der Waals surface area contributed by atoms with Crippen LogP contribution in [0.15, 0.2) is 55.1 Å². The normalized spacial score (nSPS) is 16.3. The molecule has 8 heteroatoms. The molecule has 0 atom stereocenters. The Morgan fingerprint density at radius 3 is 2.17 bits per heavy atom. The summed E-state index contributed by atoms with van der Waals surface area (Å²) in [5.74, 6) is 0.896. The summed E-state index contributed by atoms with van der Waals surface area (Å²) < 4.78 is 33.6. The van der Waals surface area contributed by atoms with E-state index >= 15 is 0 Å². The molecule has 4 rings (SSSR count). The van der Waals surface area contributed by atoms with Crippen molar-refractivity contribution in [3.8, 4) is 11.4 Å². The van der Waals surface area contributed by atoms with Crippen LogP contribution in [0.3, 0.4) is 0 Å². The number of hydrogen-bond donors (Lipinski definition) is 0. The van der Waals surface area contributed by atoms with Crippen LogP contribution in [-0.2, 0) is 27.3 Å². The Balaban J connectivity index is 1.57. The summed E-state index contributed by atoms with van der Waals surface area (Å²) in [5, 5.41) is 4.22. The molecule has 0 radical (unpaired) electrons. The maximum absolute atomic E-state index is 11.9. The van der Waals surface area contributed by atoms with Gasteiger partial charge in [0.25, 0.3) is 0 Å². The second-order valence-electron chi connectivity index (χ2n) is 11.5. The van der Waals surface area contributed by atoms with E-state index in [1.165, 1.54) is 29.3 Å². The lowest BCUT2D eigenvalue weighted by Crippen LogP contribution is -2.41. The molecule has 2 aromatic carbocycles. The fraction of sp³-hybridized carbons (Fsp3) is 0.500. The molecule has 1 fully saturated rings. The highest BCUT2D eigenvalue weighted by molar-refractivity contribution is 7.88. The molecule has 0 spiro atoms. The van der Waals surface area contributed by atoms with E-state index in [0.717, 1.165) is 17.9 Å². The number of hydrogen-bond acceptors (Lipinski definition) is 5. The lowest BCUT2D eigenvalue weighted by molar-refractivity contribution is 0.134. The summed E-state index contributed by atoms with van der Waals surface area (Å²) in [5.41, 5.74) is 4.56. The van der Waals surface area contributed by atoms with Gasteiger partial charge < -0.3 is 4.74 Å². The molecule has 194 valence electrons. The largest absolute Gasteiger partial charge is 0.490 e. The highest BCUT2D eigenvalue weighted by Crippen LogP contribution is 2.36. The van der Waals surface area contributed by atoms with Crippen molar-refractivity contribution in [2.24, 2.45) is 0 Å². The Labute approximate surface area is 215 Å². The number of ether oxygens (including phenoxy) is 1. The molecule has 1 aromatic heterocycles. The minimum Gasteiger partial charge on any atom is -0.490 e. The van der Waals surface area contributed by atoms with E-state index in [-0.39, 0.29) is 16.9 Å². The van der Waals surface area contributed by atoms with Crippen LogP contribution in [0.4, 0.5) is 0 Å². The molecule has 0 N–H and O–H groups in total. The highest BCUT2D eigenvalue weighted by atomic mass is 32.2. The van der Waals surface area contributed by atoms with E-state index in [1.54, 1.807) is 15.3 Å². The van der Waals surface area contributed by atoms with Crippen LogP contribution in [0, 0.1) is 0 Å². The number of piperidine rings is 1. The molecule has 3 aromatic rings. The van der Waals surface area contributed by atoms with Crippen molar-refractivity contribution in [2.75, 3.05) is 19.3 Å². The third-order valence-electron chi connectivity index (χ3n) is 7.05. The monoisotopic (exact) mass is 510 g/mol. The molecule has 0 unspecified atom stereocenters. The van der Waals surface area contributed by atoms with E-state index in [4.69, 9.17) is 4.74 Å². The number of nitrogens with zero attached hydrogens (tertiary/aromatic N) is 4. The summed E-state index contributed by atoms with van der Waals surface area (Å²) in [7, 11) is -3.16. The molecule has 1 saturated heterocycles. The van der Waals surface area contributed by atoms with E-state index in [2.05, 4.69) is 87.2 Å². The Morgan fingerprint density at radius 2 is 1.61 bits per heavy atom. The zero-order valence-electron chi connectivity index (χ0n) is 22.2. The molecule has 36 heavy (non-hydrogen) atoms. The zero-order valence-corrected chi connectivity index (χ0v) is 23.0. The summed E-state index contributed by atoms with van der Waals surface area (Å²) >= 11 is 0. The fourth-order valence-electron chi connectivity index (χ4n) is 4.75. The smallest absolute Gasteiger partial charge is 0.211 e. The topological polar surface area (TPSA) is 77.3 Å². The molecule has 0 saturated carbocycles. The maximum atomic E-state index is 11.9. The van der Waals surface area contributed by atoms with Crippen molar-refractivity contribution in [1.29, 1.82) is 0 Å². The van der Waals surface area contributed by atoms with Crippen molar-refractivity contribution in [2.45, 2.75) is 70.8 Å². The van der Waals surface area contributed by atoms with Crippen molar-refractivity contribution in [3.63, 3.8) is 0 Å². The average Bonchev–Trinajstić information content (AvgIpc) is 3.34. The van der Waals surface area contributed by atoms with Crippen molar-refractivity contribution in [1.82, 2.24) is 19.1 Å². The Morgan fingerprint density at radius 1 is 0.972 bits per heavy atom. The lowest BCUT2D eigenvalue weighted by atomic mass is 9.77. The predicted molar refractivity (Wildman–Crippen MR) is 143 cm³/mol. The van der Waals surface area contributed by atoms with Crippen LogP contribution in [0.5, 0.6) is 5.75 Å². The number of benzene rings is 2. The first kappa shape index (κ1) is 26.4. The second kappa shape index (κ2) is 9.98. The van der Waals surface area contributed by atoms with Crippen LogP contribution in [-0.4, -0.2) is 52.9 Å². The minimum atomic E-state index is -3.16. The summed E-state index contributed by atoms with van der Waals surface area (Å²) in [6.07, 6.45) is 6.72. The summed E-state index contributed by atoms with van der Waals surface area (Å²) in [6.45, 7) is 12.2. The van der Waals surface area contributed by atoms with Crippen LogP contribution in [0.2, 0.25) is 0 Å². The summed E-state index contributed by atoms with van der Waals surface area (Å²) in [4.78, 5) is 4.03. The highest BCUT2D eigenvalue weighted by Gasteiger charge is 2.29. The quantitative estimate of drug-likeness (QED) is 0.452. The van der Waals surface area contributed by atoms with Gasteiger partial charge in [0.15, 0.2) is 0 Å². The SMILES string of the molecule is CC(C)(C)c1ccc(OC2CCN(S(C)(=O)=O)CC2)c(CC(C)(C)c2ccc(-n3cncn3)cc2)c1. The lowest BCUT2D eigenvalue weighted by Gasteiger charge is -2.32. The fourth-order valence-corrected chi connectivity index (χ4v) is 5.62. The zero-order chi connectivity index (χ0) is 26.1. The van der Waals surface area contributed by atoms with Gasteiger partial charge >= 0.3 is 0 Å². The van der Waals surface area contributed by atoms with Crippen LogP contribution >= 0.6 is 0 Å². The van der Waals surface area contributed by atoms with Gasteiger partial charge in [0, 0.05) is 13.1 Å². The number of sulfonamides is 1. The summed E-state index contributed by atoms with van der Waals surface area (Å²) in [6, 6.07) is 15.0. The Kier molecular flexibility index (Phi) is 7.30. The van der Waals surface area contributed by atoms with E-state index in [0.29, 0.717) is 25.9 Å². The molecular weight excluding hydrogens is 472 g/mol. The number of rotatable bonds is 7. The van der Waals surface area contributed by atoms with Gasteiger partial charge in [-0.15, -0.1) is 0 Å². The molecule has 1 aliphatic heterocycles. The number of aromatic nitrogens is 3.